The van der Waals surface area contributed by atoms with Crippen molar-refractivity contribution >= 4 is 23.5 Å². The summed E-state index contributed by atoms with van der Waals surface area (Å²) in [7, 11) is 0. The Kier molecular flexibility index (Phi) is 6.11. The summed E-state index contributed by atoms with van der Waals surface area (Å²) in [6.45, 7) is 4.32. The number of carbonyl (C=O) groups is 2. The lowest BCUT2D eigenvalue weighted by molar-refractivity contribution is -0.132. The van der Waals surface area contributed by atoms with Crippen molar-refractivity contribution in [1.29, 1.82) is 0 Å². The number of piperazine rings is 1. The number of aromatic nitrogens is 3. The van der Waals surface area contributed by atoms with Crippen LogP contribution in [0.3, 0.4) is 0 Å². The van der Waals surface area contributed by atoms with E-state index in [2.05, 4.69) is 15.0 Å². The summed E-state index contributed by atoms with van der Waals surface area (Å²) in [6, 6.07) is 11.7. The fraction of sp³-hybridized carbons (Fsp3) is 0.333. The van der Waals surface area contributed by atoms with Crippen molar-refractivity contribution in [3.63, 3.8) is 0 Å². The maximum atomic E-state index is 12.8. The number of carbonyl (C=O) groups excluding carboxylic acids is 2. The van der Waals surface area contributed by atoms with Crippen LogP contribution < -0.4 is 0 Å². The Morgan fingerprint density at radius 2 is 1.85 bits per heavy atom. The molecule has 0 saturated carbocycles. The summed E-state index contributed by atoms with van der Waals surface area (Å²) in [5.41, 5.74) is 4.38. The van der Waals surface area contributed by atoms with E-state index in [1.54, 1.807) is 11.0 Å². The highest BCUT2D eigenvalue weighted by molar-refractivity contribution is 6.34. The Labute approximate surface area is 196 Å². The minimum absolute atomic E-state index is 0.151. The van der Waals surface area contributed by atoms with E-state index in [1.807, 2.05) is 41.3 Å². The van der Waals surface area contributed by atoms with Crippen molar-refractivity contribution in [3.05, 3.63) is 76.3 Å². The second-order valence-corrected chi connectivity index (χ2v) is 8.75. The molecule has 33 heavy (non-hydrogen) atoms. The highest BCUT2D eigenvalue weighted by Crippen LogP contribution is 2.29. The lowest BCUT2D eigenvalue weighted by atomic mass is 10.0. The zero-order valence-electron chi connectivity index (χ0n) is 18.1. The molecule has 1 saturated heterocycles. The highest BCUT2D eigenvalue weighted by Gasteiger charge is 2.25. The minimum Gasteiger partial charge on any atom is -0.457 e. The molecule has 2 aromatic carbocycles. The van der Waals surface area contributed by atoms with Crippen LogP contribution in [0.15, 0.2) is 49.1 Å². The van der Waals surface area contributed by atoms with Crippen LogP contribution in [0.2, 0.25) is 5.02 Å². The molecule has 0 aliphatic carbocycles. The first-order valence-electron chi connectivity index (χ1n) is 11.0. The molecule has 1 amide bonds. The van der Waals surface area contributed by atoms with Crippen LogP contribution in [-0.4, -0.2) is 69.2 Å². The number of ether oxygens (including phenoxy) is 1. The van der Waals surface area contributed by atoms with E-state index in [9.17, 15) is 9.59 Å². The number of cyclic esters (lactones) is 1. The van der Waals surface area contributed by atoms with Crippen LogP contribution in [0.4, 0.5) is 0 Å². The molecule has 1 aromatic heterocycles. The summed E-state index contributed by atoms with van der Waals surface area (Å²) in [6.07, 6.45) is 4.38. The minimum atomic E-state index is -0.339. The van der Waals surface area contributed by atoms with Crippen molar-refractivity contribution in [3.8, 4) is 5.69 Å². The van der Waals surface area contributed by atoms with E-state index < -0.39 is 0 Å². The first kappa shape index (κ1) is 21.6. The molecule has 0 bridgehead atoms. The Bertz CT molecular complexity index is 1160. The van der Waals surface area contributed by atoms with Gasteiger partial charge in [0.25, 0.3) is 0 Å². The van der Waals surface area contributed by atoms with Crippen LogP contribution in [0.25, 0.3) is 5.69 Å². The van der Waals surface area contributed by atoms with Gasteiger partial charge in [0.05, 0.1) is 22.7 Å². The van der Waals surface area contributed by atoms with E-state index in [0.717, 1.165) is 61.5 Å². The van der Waals surface area contributed by atoms with E-state index in [4.69, 9.17) is 16.3 Å². The van der Waals surface area contributed by atoms with Crippen LogP contribution >= 0.6 is 11.6 Å². The first-order chi connectivity index (χ1) is 16.1. The van der Waals surface area contributed by atoms with Crippen molar-refractivity contribution < 1.29 is 14.3 Å². The molecule has 3 heterocycles. The summed E-state index contributed by atoms with van der Waals surface area (Å²) in [4.78, 5) is 32.7. The lowest BCUT2D eigenvalue weighted by Crippen LogP contribution is -2.49. The Morgan fingerprint density at radius 1 is 1.06 bits per heavy atom. The van der Waals surface area contributed by atoms with Crippen molar-refractivity contribution in [2.24, 2.45) is 0 Å². The number of hydrogen-bond donors (Lipinski definition) is 0. The Morgan fingerprint density at radius 3 is 2.58 bits per heavy atom. The quantitative estimate of drug-likeness (QED) is 0.520. The molecule has 0 unspecified atom stereocenters. The Balaban J connectivity index is 1.10. The van der Waals surface area contributed by atoms with E-state index in [-0.39, 0.29) is 11.9 Å². The molecule has 2 aliphatic heterocycles. The second kappa shape index (κ2) is 9.33. The standard InChI is InChI=1S/C24H24ClN5O3/c25-21-12-18(11-19-14-33-24(32)23(19)21)5-6-28-7-9-29(10-8-28)22(31)13-17-1-3-20(4-2-17)30-16-26-15-27-30/h1-4,11-12,15-16H,5-10,13-14H2. The smallest absolute Gasteiger partial charge is 0.340 e. The van der Waals surface area contributed by atoms with E-state index in [1.165, 1.54) is 6.33 Å². The summed E-state index contributed by atoms with van der Waals surface area (Å²) in [5.74, 6) is -0.188. The number of benzene rings is 2. The number of rotatable bonds is 6. The van der Waals surface area contributed by atoms with E-state index in [0.29, 0.717) is 23.6 Å². The molecule has 1 fully saturated rings. The van der Waals surface area contributed by atoms with Gasteiger partial charge < -0.3 is 9.64 Å². The van der Waals surface area contributed by atoms with Crippen molar-refractivity contribution in [1.82, 2.24) is 24.6 Å². The molecular formula is C24H24ClN5O3. The topological polar surface area (TPSA) is 80.6 Å². The molecule has 3 aromatic rings. The number of nitrogens with zero attached hydrogens (tertiary/aromatic N) is 5. The average Bonchev–Trinajstić information content (AvgIpc) is 3.49. The predicted molar refractivity (Wildman–Crippen MR) is 122 cm³/mol. The summed E-state index contributed by atoms with van der Waals surface area (Å²) < 4.78 is 6.76. The molecular weight excluding hydrogens is 442 g/mol. The van der Waals surface area contributed by atoms with Crippen LogP contribution in [0.5, 0.6) is 0 Å². The monoisotopic (exact) mass is 465 g/mol. The SMILES string of the molecule is O=C1OCc2cc(CCN3CCN(C(=O)Cc4ccc(-n5cncn5)cc4)CC3)cc(Cl)c21. The molecule has 5 rings (SSSR count). The van der Waals surface area contributed by atoms with Gasteiger partial charge in [-0.05, 0) is 35.7 Å². The molecule has 0 N–H and O–H groups in total. The highest BCUT2D eigenvalue weighted by atomic mass is 35.5. The van der Waals surface area contributed by atoms with Gasteiger partial charge in [-0.1, -0.05) is 29.8 Å². The number of fused-ring (bicyclic) bond motifs is 1. The van der Waals surface area contributed by atoms with Crippen LogP contribution in [0.1, 0.15) is 27.0 Å². The van der Waals surface area contributed by atoms with Gasteiger partial charge in [0, 0.05) is 38.3 Å². The maximum absolute atomic E-state index is 12.8. The molecule has 170 valence electrons. The predicted octanol–water partition coefficient (Wildman–Crippen LogP) is 2.52. The van der Waals surface area contributed by atoms with Crippen LogP contribution in [-0.2, 0) is 29.0 Å². The fourth-order valence-electron chi connectivity index (χ4n) is 4.33. The molecule has 9 heteroatoms. The van der Waals surface area contributed by atoms with Crippen molar-refractivity contribution in [2.45, 2.75) is 19.4 Å². The first-order valence-corrected chi connectivity index (χ1v) is 11.4. The fourth-order valence-corrected chi connectivity index (χ4v) is 4.67. The summed E-state index contributed by atoms with van der Waals surface area (Å²) >= 11 is 6.28. The van der Waals surface area contributed by atoms with Gasteiger partial charge in [-0.3, -0.25) is 9.69 Å². The van der Waals surface area contributed by atoms with Gasteiger partial charge in [0.15, 0.2) is 0 Å². The lowest BCUT2D eigenvalue weighted by Gasteiger charge is -2.35. The average molecular weight is 466 g/mol. The van der Waals surface area contributed by atoms with Gasteiger partial charge >= 0.3 is 5.97 Å². The molecule has 8 nitrogen and oxygen atoms in total. The number of hydrogen-bond acceptors (Lipinski definition) is 6. The van der Waals surface area contributed by atoms with Gasteiger partial charge in [-0.25, -0.2) is 14.5 Å². The van der Waals surface area contributed by atoms with E-state index >= 15 is 0 Å². The molecule has 0 atom stereocenters. The van der Waals surface area contributed by atoms with Gasteiger partial charge in [0.2, 0.25) is 5.91 Å². The van der Waals surface area contributed by atoms with Gasteiger partial charge in [-0.15, -0.1) is 0 Å². The molecule has 2 aliphatic rings. The number of amides is 1. The molecule has 0 spiro atoms. The largest absolute Gasteiger partial charge is 0.457 e. The normalized spacial score (nSPS) is 16.0. The Hall–Kier alpha value is -3.23. The number of halogens is 1. The second-order valence-electron chi connectivity index (χ2n) is 8.34. The van der Waals surface area contributed by atoms with Crippen LogP contribution in [0, 0.1) is 0 Å². The summed E-state index contributed by atoms with van der Waals surface area (Å²) in [5, 5.41) is 4.58. The maximum Gasteiger partial charge on any atom is 0.340 e. The van der Waals surface area contributed by atoms with Gasteiger partial charge in [-0.2, -0.15) is 5.10 Å². The van der Waals surface area contributed by atoms with Crippen molar-refractivity contribution in [2.75, 3.05) is 32.7 Å². The number of esters is 1. The zero-order valence-corrected chi connectivity index (χ0v) is 18.9. The third kappa shape index (κ3) is 4.77. The molecule has 0 radical (unpaired) electrons. The van der Waals surface area contributed by atoms with Gasteiger partial charge in [0.1, 0.15) is 19.3 Å². The third-order valence-electron chi connectivity index (χ3n) is 6.21. The third-order valence-corrected chi connectivity index (χ3v) is 6.51. The zero-order chi connectivity index (χ0) is 22.8.